The molecule has 2 aromatic rings. The minimum atomic E-state index is -1.26. The Morgan fingerprint density at radius 3 is 2.44 bits per heavy atom. The van der Waals surface area contributed by atoms with Crippen molar-refractivity contribution in [3.8, 4) is 11.5 Å². The first-order chi connectivity index (χ1) is 11.9. The maximum Gasteiger partial charge on any atom is 0.335 e. The summed E-state index contributed by atoms with van der Waals surface area (Å²) in [7, 11) is 1.51. The molecule has 9 nitrogen and oxygen atoms in total. The molecule has 9 heteroatoms. The van der Waals surface area contributed by atoms with Crippen molar-refractivity contribution >= 4 is 23.3 Å². The highest BCUT2D eigenvalue weighted by atomic mass is 16.6. The van der Waals surface area contributed by atoms with Crippen molar-refractivity contribution in [1.29, 1.82) is 0 Å². The van der Waals surface area contributed by atoms with Gasteiger partial charge in [-0.25, -0.2) is 4.79 Å². The van der Waals surface area contributed by atoms with Crippen molar-refractivity contribution in [2.24, 2.45) is 0 Å². The van der Waals surface area contributed by atoms with Crippen LogP contribution in [0.25, 0.3) is 0 Å². The molecule has 0 heterocycles. The van der Waals surface area contributed by atoms with E-state index in [4.69, 9.17) is 14.6 Å². The van der Waals surface area contributed by atoms with E-state index >= 15 is 0 Å². The van der Waals surface area contributed by atoms with E-state index in [1.54, 1.807) is 24.3 Å². The second-order valence-electron chi connectivity index (χ2n) is 4.81. The van der Waals surface area contributed by atoms with Crippen LogP contribution in [0.1, 0.15) is 10.4 Å². The second kappa shape index (κ2) is 7.77. The zero-order valence-electron chi connectivity index (χ0n) is 13.1. The summed E-state index contributed by atoms with van der Waals surface area (Å²) in [5.41, 5.74) is -0.124. The lowest BCUT2D eigenvalue weighted by atomic mass is 10.2. The Bertz CT molecular complexity index is 803. The Hall–Kier alpha value is -3.62. The first-order valence-electron chi connectivity index (χ1n) is 6.99. The average Bonchev–Trinajstić information content (AvgIpc) is 2.60. The summed E-state index contributed by atoms with van der Waals surface area (Å²) in [6.07, 6.45) is 0. The number of carboxylic acids is 1. The Morgan fingerprint density at radius 2 is 1.88 bits per heavy atom. The lowest BCUT2D eigenvalue weighted by Gasteiger charge is -2.09. The third kappa shape index (κ3) is 4.67. The van der Waals surface area contributed by atoms with Gasteiger partial charge in [-0.3, -0.25) is 14.9 Å². The van der Waals surface area contributed by atoms with E-state index in [1.807, 2.05) is 0 Å². The number of rotatable bonds is 7. The molecule has 25 heavy (non-hydrogen) atoms. The number of anilines is 1. The van der Waals surface area contributed by atoms with Crippen LogP contribution in [0.2, 0.25) is 0 Å². The van der Waals surface area contributed by atoms with Gasteiger partial charge in [-0.15, -0.1) is 0 Å². The Morgan fingerprint density at radius 1 is 1.20 bits per heavy atom. The molecule has 0 radical (unpaired) electrons. The van der Waals surface area contributed by atoms with E-state index in [0.717, 1.165) is 18.2 Å². The number of hydrogen-bond acceptors (Lipinski definition) is 6. The lowest BCUT2D eigenvalue weighted by Crippen LogP contribution is -2.20. The van der Waals surface area contributed by atoms with E-state index in [0.29, 0.717) is 11.4 Å². The SMILES string of the molecule is COc1ccc(NC(=O)COc2cc(C(=O)O)ccc2[N+](=O)[O-])cc1. The smallest absolute Gasteiger partial charge is 0.335 e. The van der Waals surface area contributed by atoms with E-state index in [1.165, 1.54) is 7.11 Å². The molecule has 130 valence electrons. The highest BCUT2D eigenvalue weighted by molar-refractivity contribution is 5.92. The molecule has 0 saturated heterocycles. The monoisotopic (exact) mass is 346 g/mol. The van der Waals surface area contributed by atoms with Crippen molar-refractivity contribution in [1.82, 2.24) is 0 Å². The quantitative estimate of drug-likeness (QED) is 0.581. The van der Waals surface area contributed by atoms with E-state index in [2.05, 4.69) is 5.32 Å². The van der Waals surface area contributed by atoms with Gasteiger partial charge in [0.2, 0.25) is 0 Å². The fraction of sp³-hybridized carbons (Fsp3) is 0.125. The summed E-state index contributed by atoms with van der Waals surface area (Å²) in [5.74, 6) is -1.49. The first kappa shape index (κ1) is 17.7. The molecular weight excluding hydrogens is 332 g/mol. The molecule has 0 bridgehead atoms. The number of benzene rings is 2. The number of carbonyl (C=O) groups is 2. The molecule has 0 aromatic heterocycles. The topological polar surface area (TPSA) is 128 Å². The molecule has 2 rings (SSSR count). The van der Waals surface area contributed by atoms with Crippen LogP contribution >= 0.6 is 0 Å². The number of hydrogen-bond donors (Lipinski definition) is 2. The number of carboxylic acid groups (broad SMARTS) is 1. The van der Waals surface area contributed by atoms with Crippen molar-refractivity contribution in [2.75, 3.05) is 19.0 Å². The van der Waals surface area contributed by atoms with Crippen LogP contribution in [0, 0.1) is 10.1 Å². The van der Waals surface area contributed by atoms with Gasteiger partial charge in [0.1, 0.15) is 5.75 Å². The molecule has 0 unspecified atom stereocenters. The van der Waals surface area contributed by atoms with Gasteiger partial charge in [-0.1, -0.05) is 0 Å². The fourth-order valence-electron chi connectivity index (χ4n) is 1.93. The molecule has 2 N–H and O–H groups in total. The lowest BCUT2D eigenvalue weighted by molar-refractivity contribution is -0.385. The molecule has 0 fully saturated rings. The largest absolute Gasteiger partial charge is 0.497 e. The van der Waals surface area contributed by atoms with Gasteiger partial charge in [0.15, 0.2) is 12.4 Å². The molecule has 0 aliphatic rings. The summed E-state index contributed by atoms with van der Waals surface area (Å²) < 4.78 is 10.1. The number of ether oxygens (including phenoxy) is 2. The van der Waals surface area contributed by atoms with Gasteiger partial charge < -0.3 is 19.9 Å². The molecular formula is C16H14N2O7. The van der Waals surface area contributed by atoms with Gasteiger partial charge >= 0.3 is 11.7 Å². The van der Waals surface area contributed by atoms with Crippen LogP contribution < -0.4 is 14.8 Å². The zero-order valence-corrected chi connectivity index (χ0v) is 13.1. The maximum absolute atomic E-state index is 11.9. The maximum atomic E-state index is 11.9. The van der Waals surface area contributed by atoms with Crippen LogP contribution in [-0.2, 0) is 4.79 Å². The summed E-state index contributed by atoms with van der Waals surface area (Å²) in [6, 6.07) is 9.63. The van der Waals surface area contributed by atoms with Gasteiger partial charge in [0.05, 0.1) is 17.6 Å². The van der Waals surface area contributed by atoms with E-state index in [-0.39, 0.29) is 11.3 Å². The number of amides is 1. The molecule has 0 aliphatic heterocycles. The molecule has 0 atom stereocenters. The summed E-state index contributed by atoms with van der Waals surface area (Å²) in [5, 5.41) is 22.4. The third-order valence-corrected chi connectivity index (χ3v) is 3.14. The highest BCUT2D eigenvalue weighted by Crippen LogP contribution is 2.28. The molecule has 2 aromatic carbocycles. The number of aromatic carboxylic acids is 1. The summed E-state index contributed by atoms with van der Waals surface area (Å²) >= 11 is 0. The summed E-state index contributed by atoms with van der Waals surface area (Å²) in [6.45, 7) is -0.518. The predicted molar refractivity (Wildman–Crippen MR) is 87.2 cm³/mol. The number of nitro benzene ring substituents is 1. The van der Waals surface area contributed by atoms with Crippen molar-refractivity contribution < 1.29 is 29.1 Å². The molecule has 0 aliphatic carbocycles. The average molecular weight is 346 g/mol. The van der Waals surface area contributed by atoms with Gasteiger partial charge in [0, 0.05) is 17.8 Å². The van der Waals surface area contributed by atoms with Crippen molar-refractivity contribution in [2.45, 2.75) is 0 Å². The van der Waals surface area contributed by atoms with Crippen LogP contribution in [0.3, 0.4) is 0 Å². The Balaban J connectivity index is 2.06. The highest BCUT2D eigenvalue weighted by Gasteiger charge is 2.19. The predicted octanol–water partition coefficient (Wildman–Crippen LogP) is 2.32. The number of methoxy groups -OCH3 is 1. The molecule has 1 amide bonds. The van der Waals surface area contributed by atoms with Gasteiger partial charge in [0.25, 0.3) is 5.91 Å². The Labute approximate surface area is 141 Å². The van der Waals surface area contributed by atoms with Crippen molar-refractivity contribution in [3.05, 3.63) is 58.1 Å². The van der Waals surface area contributed by atoms with E-state index < -0.39 is 29.1 Å². The zero-order chi connectivity index (χ0) is 18.4. The first-order valence-corrected chi connectivity index (χ1v) is 6.99. The standard InChI is InChI=1S/C16H14N2O7/c1-24-12-5-3-11(4-6-12)17-15(19)9-25-14-8-10(16(20)21)2-7-13(14)18(22)23/h2-8H,9H2,1H3,(H,17,19)(H,20,21). The fourth-order valence-corrected chi connectivity index (χ4v) is 1.93. The van der Waals surface area contributed by atoms with E-state index in [9.17, 15) is 19.7 Å². The number of nitrogens with one attached hydrogen (secondary N) is 1. The number of nitro groups is 1. The summed E-state index contributed by atoms with van der Waals surface area (Å²) in [4.78, 5) is 33.1. The number of nitrogens with zero attached hydrogens (tertiary/aromatic N) is 1. The number of carbonyl (C=O) groups excluding carboxylic acids is 1. The van der Waals surface area contributed by atoms with Gasteiger partial charge in [-0.05, 0) is 30.3 Å². The van der Waals surface area contributed by atoms with Crippen LogP contribution in [-0.4, -0.2) is 35.6 Å². The second-order valence-corrected chi connectivity index (χ2v) is 4.81. The van der Waals surface area contributed by atoms with Crippen LogP contribution in [0.5, 0.6) is 11.5 Å². The minimum absolute atomic E-state index is 0.184. The third-order valence-electron chi connectivity index (χ3n) is 3.14. The minimum Gasteiger partial charge on any atom is -0.497 e. The molecule has 0 saturated carbocycles. The van der Waals surface area contributed by atoms with Crippen LogP contribution in [0.15, 0.2) is 42.5 Å². The van der Waals surface area contributed by atoms with Crippen molar-refractivity contribution in [3.63, 3.8) is 0 Å². The Kier molecular flexibility index (Phi) is 5.51. The normalized spacial score (nSPS) is 9.96. The van der Waals surface area contributed by atoms with Gasteiger partial charge in [-0.2, -0.15) is 0 Å². The van der Waals surface area contributed by atoms with Crippen LogP contribution in [0.4, 0.5) is 11.4 Å². The molecule has 0 spiro atoms.